The van der Waals surface area contributed by atoms with Gasteiger partial charge in [-0.3, -0.25) is 9.62 Å². The van der Waals surface area contributed by atoms with Crippen molar-refractivity contribution >= 4 is 15.7 Å². The van der Waals surface area contributed by atoms with Crippen LogP contribution < -0.4 is 9.46 Å². The molecule has 8 heteroatoms. The Bertz CT molecular complexity index is 954. The number of morpholine rings is 1. The number of benzene rings is 2. The molecule has 2 aromatic rings. The van der Waals surface area contributed by atoms with Gasteiger partial charge in [0.25, 0.3) is 10.0 Å². The Labute approximate surface area is 178 Å². The summed E-state index contributed by atoms with van der Waals surface area (Å²) < 4.78 is 39.0. The van der Waals surface area contributed by atoms with Gasteiger partial charge in [-0.1, -0.05) is 12.1 Å². The maximum atomic E-state index is 12.9. The molecule has 0 aliphatic carbocycles. The van der Waals surface area contributed by atoms with Crippen LogP contribution in [-0.2, 0) is 14.8 Å². The zero-order chi connectivity index (χ0) is 21.7. The highest BCUT2D eigenvalue weighted by molar-refractivity contribution is 7.92. The number of anilines is 1. The predicted molar refractivity (Wildman–Crippen MR) is 117 cm³/mol. The molecular weight excluding hydrogens is 404 g/mol. The second kappa shape index (κ2) is 9.78. The van der Waals surface area contributed by atoms with Crippen molar-refractivity contribution in [2.45, 2.75) is 31.3 Å². The van der Waals surface area contributed by atoms with Crippen molar-refractivity contribution in [2.24, 2.45) is 0 Å². The molecule has 3 rings (SSSR count). The van der Waals surface area contributed by atoms with E-state index in [1.54, 1.807) is 36.4 Å². The van der Waals surface area contributed by atoms with Crippen molar-refractivity contribution in [3.05, 3.63) is 53.1 Å². The zero-order valence-corrected chi connectivity index (χ0v) is 18.5. The van der Waals surface area contributed by atoms with Crippen LogP contribution in [0.25, 0.3) is 0 Å². The number of methoxy groups -OCH3 is 1. The smallest absolute Gasteiger partial charge is 0.265 e. The molecule has 30 heavy (non-hydrogen) atoms. The van der Waals surface area contributed by atoms with Crippen LogP contribution in [0.15, 0.2) is 41.3 Å². The van der Waals surface area contributed by atoms with Crippen LogP contribution in [0.5, 0.6) is 5.75 Å². The number of aryl methyl sites for hydroxylation is 2. The van der Waals surface area contributed by atoms with Gasteiger partial charge in [-0.25, -0.2) is 8.42 Å². The molecule has 7 nitrogen and oxygen atoms in total. The summed E-state index contributed by atoms with van der Waals surface area (Å²) in [5.41, 5.74) is 3.02. The molecule has 1 unspecified atom stereocenters. The average Bonchev–Trinajstić information content (AvgIpc) is 2.74. The first-order valence-electron chi connectivity index (χ1n) is 10.1. The Morgan fingerprint density at radius 1 is 1.13 bits per heavy atom. The van der Waals surface area contributed by atoms with Crippen LogP contribution in [0.2, 0.25) is 0 Å². The van der Waals surface area contributed by atoms with Crippen molar-refractivity contribution < 1.29 is 23.0 Å². The molecule has 1 atom stereocenters. The van der Waals surface area contributed by atoms with Crippen LogP contribution in [-0.4, -0.2) is 58.4 Å². The number of sulfonamides is 1. The number of hydrogen-bond acceptors (Lipinski definition) is 6. The van der Waals surface area contributed by atoms with Gasteiger partial charge in [0.2, 0.25) is 0 Å². The van der Waals surface area contributed by atoms with E-state index in [-0.39, 0.29) is 4.90 Å². The third-order valence-corrected chi connectivity index (χ3v) is 6.84. The monoisotopic (exact) mass is 434 g/mol. The molecule has 1 fully saturated rings. The topological polar surface area (TPSA) is 88.1 Å². The lowest BCUT2D eigenvalue weighted by atomic mass is 10.1. The van der Waals surface area contributed by atoms with Crippen molar-refractivity contribution in [3.8, 4) is 5.75 Å². The largest absolute Gasteiger partial charge is 0.495 e. The third-order valence-electron chi connectivity index (χ3n) is 5.44. The number of nitrogens with zero attached hydrogens (tertiary/aromatic N) is 1. The number of rotatable bonds is 8. The van der Waals surface area contributed by atoms with E-state index in [4.69, 9.17) is 9.47 Å². The van der Waals surface area contributed by atoms with Crippen molar-refractivity contribution in [1.82, 2.24) is 4.90 Å². The van der Waals surface area contributed by atoms with E-state index in [1.165, 1.54) is 7.11 Å². The first-order valence-corrected chi connectivity index (χ1v) is 11.5. The number of hydrogen-bond donors (Lipinski definition) is 2. The molecule has 1 saturated heterocycles. The van der Waals surface area contributed by atoms with Gasteiger partial charge >= 0.3 is 0 Å². The van der Waals surface area contributed by atoms with Crippen molar-refractivity contribution in [3.63, 3.8) is 0 Å². The van der Waals surface area contributed by atoms with Crippen LogP contribution in [0.1, 0.15) is 29.2 Å². The highest BCUT2D eigenvalue weighted by atomic mass is 32.2. The summed E-state index contributed by atoms with van der Waals surface area (Å²) in [4.78, 5) is 2.37. The number of aliphatic hydroxyl groups is 1. The summed E-state index contributed by atoms with van der Waals surface area (Å²) >= 11 is 0. The maximum absolute atomic E-state index is 12.9. The van der Waals surface area contributed by atoms with Gasteiger partial charge in [-0.05, 0) is 61.2 Å². The Kier molecular flexibility index (Phi) is 7.36. The van der Waals surface area contributed by atoms with Crippen LogP contribution in [0.4, 0.5) is 5.69 Å². The third kappa shape index (κ3) is 5.51. The summed E-state index contributed by atoms with van der Waals surface area (Å²) in [7, 11) is -2.35. The SMILES string of the molecule is COc1cc(C)c(C)cc1S(=O)(=O)Nc1ccc(C(O)CCN2CCOCC2)cc1. The molecule has 1 aliphatic rings. The van der Waals surface area contributed by atoms with Crippen LogP contribution >= 0.6 is 0 Å². The molecule has 0 spiro atoms. The summed E-state index contributed by atoms with van der Waals surface area (Å²) in [6, 6.07) is 10.2. The van der Waals surface area contributed by atoms with Gasteiger partial charge < -0.3 is 14.6 Å². The normalized spacial score (nSPS) is 16.3. The molecular formula is C22H30N2O5S. The summed E-state index contributed by atoms with van der Waals surface area (Å²) in [6.45, 7) is 7.80. The average molecular weight is 435 g/mol. The molecule has 0 radical (unpaired) electrons. The van der Waals surface area contributed by atoms with Crippen LogP contribution in [0.3, 0.4) is 0 Å². The van der Waals surface area contributed by atoms with Gasteiger partial charge in [0.15, 0.2) is 0 Å². The first kappa shape index (κ1) is 22.6. The van der Waals surface area contributed by atoms with E-state index in [9.17, 15) is 13.5 Å². The van der Waals surface area contributed by atoms with E-state index >= 15 is 0 Å². The summed E-state index contributed by atoms with van der Waals surface area (Å²) in [6.07, 6.45) is 0.0172. The highest BCUT2D eigenvalue weighted by Crippen LogP contribution is 2.29. The molecule has 2 N–H and O–H groups in total. The highest BCUT2D eigenvalue weighted by Gasteiger charge is 2.21. The molecule has 0 bridgehead atoms. The molecule has 0 saturated carbocycles. The fraction of sp³-hybridized carbons (Fsp3) is 0.455. The minimum atomic E-state index is -3.81. The van der Waals surface area contributed by atoms with Crippen molar-refractivity contribution in [2.75, 3.05) is 44.7 Å². The minimum Gasteiger partial charge on any atom is -0.495 e. The van der Waals surface area contributed by atoms with E-state index in [0.29, 0.717) is 17.9 Å². The summed E-state index contributed by atoms with van der Waals surface area (Å²) in [5, 5.41) is 10.5. The van der Waals surface area contributed by atoms with Crippen LogP contribution in [0, 0.1) is 13.8 Å². The van der Waals surface area contributed by atoms with Crippen molar-refractivity contribution in [1.29, 1.82) is 0 Å². The quantitative estimate of drug-likeness (QED) is 0.664. The molecule has 0 amide bonds. The van der Waals surface area contributed by atoms with E-state index < -0.39 is 16.1 Å². The number of aliphatic hydroxyl groups excluding tert-OH is 1. The second-order valence-electron chi connectivity index (χ2n) is 7.57. The van der Waals surface area contributed by atoms with Gasteiger partial charge in [0.1, 0.15) is 10.6 Å². The van der Waals surface area contributed by atoms with E-state index in [0.717, 1.165) is 49.5 Å². The van der Waals surface area contributed by atoms with E-state index in [1.807, 2.05) is 13.8 Å². The fourth-order valence-corrected chi connectivity index (χ4v) is 4.71. The van der Waals surface area contributed by atoms with E-state index in [2.05, 4.69) is 9.62 Å². The predicted octanol–water partition coefficient (Wildman–Crippen LogP) is 2.87. The van der Waals surface area contributed by atoms with Gasteiger partial charge in [0.05, 0.1) is 26.4 Å². The molecule has 164 valence electrons. The number of ether oxygens (including phenoxy) is 2. The molecule has 0 aromatic heterocycles. The molecule has 1 aliphatic heterocycles. The molecule has 2 aromatic carbocycles. The first-order chi connectivity index (χ1) is 14.3. The Morgan fingerprint density at radius 3 is 2.40 bits per heavy atom. The second-order valence-corrected chi connectivity index (χ2v) is 9.22. The maximum Gasteiger partial charge on any atom is 0.265 e. The van der Waals surface area contributed by atoms with Gasteiger partial charge in [0, 0.05) is 25.3 Å². The lowest BCUT2D eigenvalue weighted by Gasteiger charge is -2.27. The fourth-order valence-electron chi connectivity index (χ4n) is 3.41. The van der Waals surface area contributed by atoms with Gasteiger partial charge in [-0.15, -0.1) is 0 Å². The Morgan fingerprint density at radius 2 is 1.77 bits per heavy atom. The Hall–Kier alpha value is -2.13. The van der Waals surface area contributed by atoms with Gasteiger partial charge in [-0.2, -0.15) is 0 Å². The lowest BCUT2D eigenvalue weighted by molar-refractivity contribution is 0.0300. The summed E-state index contributed by atoms with van der Waals surface area (Å²) in [5.74, 6) is 0.306. The lowest BCUT2D eigenvalue weighted by Crippen LogP contribution is -2.37. The molecule has 1 heterocycles. The minimum absolute atomic E-state index is 0.0997. The number of nitrogens with one attached hydrogen (secondary N) is 1. The Balaban J connectivity index is 1.66. The standard InChI is InChI=1S/C22H30N2O5S/c1-16-14-21(28-3)22(15-17(16)2)30(26,27)23-19-6-4-18(5-7-19)20(25)8-9-24-10-12-29-13-11-24/h4-7,14-15,20,23,25H,8-13H2,1-3H3. The zero-order valence-electron chi connectivity index (χ0n) is 17.7.